The summed E-state index contributed by atoms with van der Waals surface area (Å²) in [4.78, 5) is 0. The van der Waals surface area contributed by atoms with Gasteiger partial charge in [-0.1, -0.05) is 49.1 Å². The minimum Gasteiger partial charge on any atom is -0.103 e. The molecule has 2 unspecified atom stereocenters. The molecule has 1 aromatic carbocycles. The summed E-state index contributed by atoms with van der Waals surface area (Å²) in [6, 6.07) is 8.50. The minimum absolute atomic E-state index is 0.0170. The monoisotopic (exact) mass is 217 g/mol. The quantitative estimate of drug-likeness (QED) is 0.653. The summed E-state index contributed by atoms with van der Waals surface area (Å²) >= 11 is 0. The summed E-state index contributed by atoms with van der Waals surface area (Å²) in [6.07, 6.45) is 0.876. The van der Waals surface area contributed by atoms with E-state index in [-0.39, 0.29) is 12.3 Å². The number of benzene rings is 1. The van der Waals surface area contributed by atoms with Crippen LogP contribution in [0.4, 0.5) is 0 Å². The number of allylic oxidation sites excluding steroid dienone is 1. The van der Waals surface area contributed by atoms with E-state index in [1.807, 2.05) is 0 Å². The maximum absolute atomic E-state index is 8.25. The number of aryl methyl sites for hydroxylation is 1. The summed E-state index contributed by atoms with van der Waals surface area (Å²) in [5.74, 6) is 0.280. The van der Waals surface area contributed by atoms with Gasteiger partial charge in [0.25, 0.3) is 0 Å². The number of rotatable bonds is 2. The van der Waals surface area contributed by atoms with Gasteiger partial charge in [-0.25, -0.2) is 0 Å². The normalized spacial score (nSPS) is 25.9. The zero-order valence-corrected chi connectivity index (χ0v) is 10.9. The van der Waals surface area contributed by atoms with Gasteiger partial charge in [0.2, 0.25) is 0 Å². The Morgan fingerprint density at radius 2 is 2.07 bits per heavy atom. The highest BCUT2D eigenvalue weighted by Crippen LogP contribution is 2.40. The molecule has 0 N–H and O–H groups in total. The topological polar surface area (TPSA) is 0 Å². The molecule has 80 valence electrons. The molecule has 0 amide bonds. The van der Waals surface area contributed by atoms with E-state index in [2.05, 4.69) is 50.5 Å². The molecular formula is C14H20Si. The van der Waals surface area contributed by atoms with Crippen LogP contribution in [-0.4, -0.2) is 8.07 Å². The molecule has 0 saturated heterocycles. The lowest BCUT2D eigenvalue weighted by Gasteiger charge is -2.26. The summed E-state index contributed by atoms with van der Waals surface area (Å²) in [5, 5.41) is 1.33. The number of fused-ring (bicyclic) bond motifs is 1. The number of hydrogen-bond acceptors (Lipinski definition) is 0. The van der Waals surface area contributed by atoms with E-state index in [4.69, 9.17) is 1.37 Å². The third-order valence-electron chi connectivity index (χ3n) is 3.30. The largest absolute Gasteiger partial charge is 0.103 e. The van der Waals surface area contributed by atoms with Gasteiger partial charge in [0.15, 0.2) is 0 Å². The predicted molar refractivity (Wildman–Crippen MR) is 70.0 cm³/mol. The summed E-state index contributed by atoms with van der Waals surface area (Å²) in [5.41, 5.74) is 2.71. The van der Waals surface area contributed by atoms with Crippen LogP contribution >= 0.6 is 0 Å². The van der Waals surface area contributed by atoms with Crippen molar-refractivity contribution in [3.05, 3.63) is 47.2 Å². The molecule has 15 heavy (non-hydrogen) atoms. The van der Waals surface area contributed by atoms with Gasteiger partial charge in [0.1, 0.15) is 0 Å². The lowest BCUT2D eigenvalue weighted by atomic mass is 10.0. The van der Waals surface area contributed by atoms with Gasteiger partial charge >= 0.3 is 0 Å². The van der Waals surface area contributed by atoms with Gasteiger partial charge in [-0.2, -0.15) is 0 Å². The molecule has 0 radical (unpaired) electrons. The van der Waals surface area contributed by atoms with Crippen molar-refractivity contribution in [1.82, 2.24) is 0 Å². The van der Waals surface area contributed by atoms with Crippen LogP contribution in [0.5, 0.6) is 0 Å². The first-order valence-electron chi connectivity index (χ1n) is 6.18. The second-order valence-corrected chi connectivity index (χ2v) is 10.5. The zero-order chi connectivity index (χ0) is 11.9. The molecule has 0 heterocycles. The fourth-order valence-electron chi connectivity index (χ4n) is 2.19. The lowest BCUT2D eigenvalue weighted by molar-refractivity contribution is 0.797. The van der Waals surface area contributed by atoms with Gasteiger partial charge in [0.05, 0.1) is 8.07 Å². The summed E-state index contributed by atoms with van der Waals surface area (Å²) in [6.45, 7) is 11.3. The van der Waals surface area contributed by atoms with E-state index < -0.39 is 8.07 Å². The van der Waals surface area contributed by atoms with Crippen molar-refractivity contribution in [2.45, 2.75) is 38.4 Å². The predicted octanol–water partition coefficient (Wildman–Crippen LogP) is 4.15. The molecule has 0 aliphatic heterocycles. The van der Waals surface area contributed by atoms with E-state index in [9.17, 15) is 0 Å². The van der Waals surface area contributed by atoms with Crippen molar-refractivity contribution in [3.8, 4) is 0 Å². The Bertz CT molecular complexity index is 417. The van der Waals surface area contributed by atoms with Gasteiger partial charge in [-0.05, 0) is 23.9 Å². The fourth-order valence-corrected chi connectivity index (χ4v) is 3.40. The third-order valence-corrected chi connectivity index (χ3v) is 5.54. The Hall–Kier alpha value is -0.823. The molecule has 1 aliphatic carbocycles. The molecule has 2 rings (SSSR count). The smallest absolute Gasteiger partial charge is 0.0724 e. The second-order valence-electron chi connectivity index (χ2n) is 5.39. The maximum Gasteiger partial charge on any atom is 0.0724 e. The van der Waals surface area contributed by atoms with Gasteiger partial charge < -0.3 is 0 Å². The fraction of sp³-hybridized carbons (Fsp3) is 0.429. The highest BCUT2D eigenvalue weighted by atomic mass is 28.3. The van der Waals surface area contributed by atoms with Crippen LogP contribution in [0.15, 0.2) is 36.0 Å². The highest BCUT2D eigenvalue weighted by Gasteiger charge is 2.30. The van der Waals surface area contributed by atoms with Gasteiger partial charge in [-0.15, -0.1) is 6.58 Å². The maximum atomic E-state index is 8.25. The molecule has 0 spiro atoms. The Balaban J connectivity index is 2.40. The Labute approximate surface area is 95.4 Å². The molecule has 0 saturated carbocycles. The van der Waals surface area contributed by atoms with Crippen LogP contribution in [0, 0.1) is 0 Å². The first-order valence-corrected chi connectivity index (χ1v) is 9.10. The van der Waals surface area contributed by atoms with Crippen LogP contribution in [0.2, 0.25) is 19.6 Å². The van der Waals surface area contributed by atoms with Crippen molar-refractivity contribution >= 4 is 8.07 Å². The van der Waals surface area contributed by atoms with E-state index >= 15 is 0 Å². The Morgan fingerprint density at radius 3 is 2.73 bits per heavy atom. The number of hydrogen-bond donors (Lipinski definition) is 0. The van der Waals surface area contributed by atoms with Crippen molar-refractivity contribution in [3.63, 3.8) is 0 Å². The minimum atomic E-state index is -1.35. The SMILES string of the molecule is [2H]C1Cc2ccccc2C1C(=C)[Si](C)(C)C. The molecule has 2 atom stereocenters. The Morgan fingerprint density at radius 1 is 1.40 bits per heavy atom. The van der Waals surface area contributed by atoms with Crippen molar-refractivity contribution in [2.24, 2.45) is 0 Å². The van der Waals surface area contributed by atoms with Crippen LogP contribution in [0.1, 0.15) is 24.8 Å². The van der Waals surface area contributed by atoms with E-state index in [1.165, 1.54) is 16.3 Å². The molecule has 0 bridgehead atoms. The molecule has 0 nitrogen and oxygen atoms in total. The van der Waals surface area contributed by atoms with Crippen LogP contribution in [-0.2, 0) is 6.42 Å². The van der Waals surface area contributed by atoms with Crippen LogP contribution in [0.25, 0.3) is 0 Å². The Kier molecular flexibility index (Phi) is 2.28. The first-order chi connectivity index (χ1) is 7.41. The lowest BCUT2D eigenvalue weighted by Crippen LogP contribution is -2.26. The van der Waals surface area contributed by atoms with Crippen molar-refractivity contribution < 1.29 is 1.37 Å². The van der Waals surface area contributed by atoms with E-state index in [0.29, 0.717) is 0 Å². The molecule has 0 aromatic heterocycles. The summed E-state index contributed by atoms with van der Waals surface area (Å²) in [7, 11) is -1.35. The first kappa shape index (κ1) is 9.41. The van der Waals surface area contributed by atoms with E-state index in [1.54, 1.807) is 0 Å². The highest BCUT2D eigenvalue weighted by molar-refractivity contribution is 6.83. The molecule has 1 aromatic rings. The van der Waals surface area contributed by atoms with Gasteiger partial charge in [0, 0.05) is 7.29 Å². The second kappa shape index (κ2) is 3.64. The molecule has 1 heteroatoms. The molecular weight excluding hydrogens is 196 g/mol. The van der Waals surface area contributed by atoms with Crippen LogP contribution < -0.4 is 0 Å². The zero-order valence-electron chi connectivity index (χ0n) is 10.9. The van der Waals surface area contributed by atoms with Crippen molar-refractivity contribution in [1.29, 1.82) is 0 Å². The summed E-state index contributed by atoms with van der Waals surface area (Å²) < 4.78 is 8.25. The standard InChI is InChI=1S/C14H20Si/c1-11(15(2,3)4)13-10-9-12-7-5-6-8-14(12)13/h5-8,13H,1,9-10H2,2-4H3/i10D. The average molecular weight is 217 g/mol. The molecule has 1 aliphatic rings. The average Bonchev–Trinajstić information content (AvgIpc) is 2.51. The van der Waals surface area contributed by atoms with Crippen LogP contribution in [0.3, 0.4) is 0 Å². The van der Waals surface area contributed by atoms with Crippen molar-refractivity contribution in [2.75, 3.05) is 0 Å². The van der Waals surface area contributed by atoms with Gasteiger partial charge in [-0.3, -0.25) is 0 Å². The third kappa shape index (κ3) is 1.93. The molecule has 0 fully saturated rings. The van der Waals surface area contributed by atoms with E-state index in [0.717, 1.165) is 6.42 Å².